The number of nitrogens with zero attached hydrogens (tertiary/aromatic N) is 1. The number of hydrogen-bond donors (Lipinski definition) is 1. The number of benzene rings is 1. The van der Waals surface area contributed by atoms with Gasteiger partial charge in [0.1, 0.15) is 0 Å². The third-order valence-electron chi connectivity index (χ3n) is 2.41. The lowest BCUT2D eigenvalue weighted by atomic mass is 10.1. The van der Waals surface area contributed by atoms with Gasteiger partial charge in [0.15, 0.2) is 0 Å². The third-order valence-corrected chi connectivity index (χ3v) is 2.41. The number of hydrogen-bond acceptors (Lipinski definition) is 1. The molecule has 0 spiro atoms. The van der Waals surface area contributed by atoms with Crippen molar-refractivity contribution in [3.05, 3.63) is 59.9 Å². The van der Waals surface area contributed by atoms with Crippen LogP contribution < -0.4 is 0 Å². The molecule has 1 aromatic heterocycles. The van der Waals surface area contributed by atoms with E-state index < -0.39 is 5.97 Å². The Hall–Kier alpha value is -2.03. The zero-order chi connectivity index (χ0) is 11.4. The van der Waals surface area contributed by atoms with Crippen molar-refractivity contribution in [3.63, 3.8) is 0 Å². The van der Waals surface area contributed by atoms with Crippen LogP contribution in [0.2, 0.25) is 0 Å². The quantitative estimate of drug-likeness (QED) is 0.849. The SMILES string of the molecule is O=C(O)Cc1ccc(Cn2cccc2)cc1. The summed E-state index contributed by atoms with van der Waals surface area (Å²) in [7, 11) is 0. The lowest BCUT2D eigenvalue weighted by Crippen LogP contribution is -2.01. The molecule has 0 fully saturated rings. The molecule has 2 rings (SSSR count). The zero-order valence-corrected chi connectivity index (χ0v) is 8.84. The molecule has 1 heterocycles. The normalized spacial score (nSPS) is 10.2. The van der Waals surface area contributed by atoms with Gasteiger partial charge in [-0.3, -0.25) is 4.79 Å². The number of carboxylic acid groups (broad SMARTS) is 1. The van der Waals surface area contributed by atoms with Crippen LogP contribution in [0, 0.1) is 0 Å². The Morgan fingerprint density at radius 2 is 1.62 bits per heavy atom. The lowest BCUT2D eigenvalue weighted by Gasteiger charge is -2.04. The monoisotopic (exact) mass is 215 g/mol. The Bertz CT molecular complexity index is 457. The van der Waals surface area contributed by atoms with Crippen molar-refractivity contribution < 1.29 is 9.90 Å². The van der Waals surface area contributed by atoms with Crippen LogP contribution in [0.4, 0.5) is 0 Å². The van der Waals surface area contributed by atoms with Crippen molar-refractivity contribution in [3.8, 4) is 0 Å². The fourth-order valence-corrected chi connectivity index (χ4v) is 1.62. The van der Waals surface area contributed by atoms with E-state index in [-0.39, 0.29) is 6.42 Å². The Labute approximate surface area is 94.0 Å². The summed E-state index contributed by atoms with van der Waals surface area (Å²) in [6.07, 6.45) is 4.10. The van der Waals surface area contributed by atoms with Crippen LogP contribution in [0.25, 0.3) is 0 Å². The summed E-state index contributed by atoms with van der Waals surface area (Å²) in [5.41, 5.74) is 2.01. The molecule has 82 valence electrons. The fraction of sp³-hybridized carbons (Fsp3) is 0.154. The standard InChI is InChI=1S/C13H13NO2/c15-13(16)9-11-3-5-12(6-4-11)10-14-7-1-2-8-14/h1-8H,9-10H2,(H,15,16). The smallest absolute Gasteiger partial charge is 0.307 e. The van der Waals surface area contributed by atoms with Crippen molar-refractivity contribution in [1.29, 1.82) is 0 Å². The molecule has 0 saturated carbocycles. The second kappa shape index (κ2) is 4.66. The van der Waals surface area contributed by atoms with Gasteiger partial charge in [0.25, 0.3) is 0 Å². The summed E-state index contributed by atoms with van der Waals surface area (Å²) in [6, 6.07) is 11.6. The predicted octanol–water partition coefficient (Wildman–Crippen LogP) is 2.16. The molecule has 0 amide bonds. The molecular formula is C13H13NO2. The molecule has 0 aliphatic rings. The van der Waals surface area contributed by atoms with Gasteiger partial charge in [-0.25, -0.2) is 0 Å². The van der Waals surface area contributed by atoms with Gasteiger partial charge in [-0.05, 0) is 23.3 Å². The molecule has 1 N–H and O–H groups in total. The van der Waals surface area contributed by atoms with Crippen LogP contribution >= 0.6 is 0 Å². The lowest BCUT2D eigenvalue weighted by molar-refractivity contribution is -0.136. The van der Waals surface area contributed by atoms with Gasteiger partial charge in [0.2, 0.25) is 0 Å². The van der Waals surface area contributed by atoms with E-state index in [4.69, 9.17) is 5.11 Å². The van der Waals surface area contributed by atoms with E-state index in [0.29, 0.717) is 0 Å². The van der Waals surface area contributed by atoms with Crippen LogP contribution in [0.15, 0.2) is 48.8 Å². The molecule has 0 unspecified atom stereocenters. The van der Waals surface area contributed by atoms with E-state index in [9.17, 15) is 4.79 Å². The maximum absolute atomic E-state index is 10.5. The van der Waals surface area contributed by atoms with Gasteiger partial charge in [-0.2, -0.15) is 0 Å². The number of carbonyl (C=O) groups is 1. The molecule has 0 saturated heterocycles. The van der Waals surface area contributed by atoms with Gasteiger partial charge in [0.05, 0.1) is 6.42 Å². The van der Waals surface area contributed by atoms with Crippen molar-refractivity contribution >= 4 is 5.97 Å². The number of rotatable bonds is 4. The predicted molar refractivity (Wildman–Crippen MR) is 61.3 cm³/mol. The molecule has 0 bridgehead atoms. The highest BCUT2D eigenvalue weighted by molar-refractivity contribution is 5.70. The van der Waals surface area contributed by atoms with Gasteiger partial charge < -0.3 is 9.67 Å². The van der Waals surface area contributed by atoms with E-state index in [0.717, 1.165) is 12.1 Å². The van der Waals surface area contributed by atoms with Gasteiger partial charge >= 0.3 is 5.97 Å². The van der Waals surface area contributed by atoms with Crippen LogP contribution in [0.1, 0.15) is 11.1 Å². The second-order valence-electron chi connectivity index (χ2n) is 3.74. The summed E-state index contributed by atoms with van der Waals surface area (Å²) >= 11 is 0. The molecule has 1 aromatic carbocycles. The largest absolute Gasteiger partial charge is 0.481 e. The van der Waals surface area contributed by atoms with E-state index in [1.165, 1.54) is 5.56 Å². The summed E-state index contributed by atoms with van der Waals surface area (Å²) < 4.78 is 2.08. The molecule has 16 heavy (non-hydrogen) atoms. The minimum absolute atomic E-state index is 0.0871. The highest BCUT2D eigenvalue weighted by Crippen LogP contribution is 2.07. The van der Waals surface area contributed by atoms with Gasteiger partial charge in [-0.1, -0.05) is 24.3 Å². The minimum Gasteiger partial charge on any atom is -0.481 e. The summed E-state index contributed by atoms with van der Waals surface area (Å²) in [6.45, 7) is 0.820. The van der Waals surface area contributed by atoms with E-state index in [2.05, 4.69) is 4.57 Å². The molecule has 3 heteroatoms. The molecular weight excluding hydrogens is 202 g/mol. The second-order valence-corrected chi connectivity index (χ2v) is 3.74. The Kier molecular flexibility index (Phi) is 3.05. The summed E-state index contributed by atoms with van der Waals surface area (Å²) in [5, 5.41) is 8.64. The van der Waals surface area contributed by atoms with Crippen molar-refractivity contribution in [2.24, 2.45) is 0 Å². The molecule has 2 aromatic rings. The van der Waals surface area contributed by atoms with Crippen LogP contribution in [-0.4, -0.2) is 15.6 Å². The number of aromatic nitrogens is 1. The minimum atomic E-state index is -0.793. The van der Waals surface area contributed by atoms with Gasteiger partial charge in [0, 0.05) is 18.9 Å². The first kappa shape index (κ1) is 10.5. The highest BCUT2D eigenvalue weighted by Gasteiger charge is 2.00. The summed E-state index contributed by atoms with van der Waals surface area (Å²) in [5.74, 6) is -0.793. The fourth-order valence-electron chi connectivity index (χ4n) is 1.62. The Balaban J connectivity index is 2.05. The Morgan fingerprint density at radius 3 is 2.19 bits per heavy atom. The molecule has 0 atom stereocenters. The first-order valence-corrected chi connectivity index (χ1v) is 5.14. The molecule has 0 aliphatic carbocycles. The van der Waals surface area contributed by atoms with Gasteiger partial charge in [-0.15, -0.1) is 0 Å². The average Bonchev–Trinajstić information content (AvgIpc) is 2.73. The molecule has 0 radical (unpaired) electrons. The first-order chi connectivity index (χ1) is 7.74. The van der Waals surface area contributed by atoms with Crippen molar-refractivity contribution in [2.75, 3.05) is 0 Å². The van der Waals surface area contributed by atoms with E-state index in [1.54, 1.807) is 0 Å². The highest BCUT2D eigenvalue weighted by atomic mass is 16.4. The maximum atomic E-state index is 10.5. The molecule has 3 nitrogen and oxygen atoms in total. The average molecular weight is 215 g/mol. The topological polar surface area (TPSA) is 42.2 Å². The molecule has 0 aliphatic heterocycles. The Morgan fingerprint density at radius 1 is 1.06 bits per heavy atom. The third kappa shape index (κ3) is 2.73. The first-order valence-electron chi connectivity index (χ1n) is 5.14. The van der Waals surface area contributed by atoms with Crippen molar-refractivity contribution in [1.82, 2.24) is 4.57 Å². The van der Waals surface area contributed by atoms with Crippen molar-refractivity contribution in [2.45, 2.75) is 13.0 Å². The maximum Gasteiger partial charge on any atom is 0.307 e. The number of carboxylic acids is 1. The number of aliphatic carboxylic acids is 1. The zero-order valence-electron chi connectivity index (χ0n) is 8.84. The van der Waals surface area contributed by atoms with Crippen LogP contribution in [0.5, 0.6) is 0 Å². The van der Waals surface area contributed by atoms with Crippen LogP contribution in [-0.2, 0) is 17.8 Å². The summed E-state index contributed by atoms with van der Waals surface area (Å²) in [4.78, 5) is 10.5. The van der Waals surface area contributed by atoms with Crippen LogP contribution in [0.3, 0.4) is 0 Å². The van der Waals surface area contributed by atoms with E-state index in [1.807, 2.05) is 48.8 Å². The van der Waals surface area contributed by atoms with E-state index >= 15 is 0 Å².